The number of aliphatic hydroxyl groups is 1. The summed E-state index contributed by atoms with van der Waals surface area (Å²) >= 11 is 0. The second-order valence-electron chi connectivity index (χ2n) is 3.60. The van der Waals surface area contributed by atoms with E-state index in [1.54, 1.807) is 12.4 Å². The van der Waals surface area contributed by atoms with E-state index in [9.17, 15) is 5.11 Å². The summed E-state index contributed by atoms with van der Waals surface area (Å²) in [5, 5.41) is 9.60. The summed E-state index contributed by atoms with van der Waals surface area (Å²) in [4.78, 5) is 3.98. The van der Waals surface area contributed by atoms with Gasteiger partial charge in [0.25, 0.3) is 0 Å². The zero-order chi connectivity index (χ0) is 10.4. The van der Waals surface area contributed by atoms with Crippen LogP contribution in [0.3, 0.4) is 0 Å². The molecule has 78 valence electrons. The second-order valence-corrected chi connectivity index (χ2v) is 3.60. The van der Waals surface area contributed by atoms with Crippen molar-refractivity contribution in [1.29, 1.82) is 0 Å². The van der Waals surface area contributed by atoms with Crippen molar-refractivity contribution in [2.45, 2.75) is 32.5 Å². The lowest BCUT2D eigenvalue weighted by Crippen LogP contribution is -2.20. The van der Waals surface area contributed by atoms with E-state index < -0.39 is 6.10 Å². The number of hydrogen-bond acceptors (Lipinski definition) is 3. The molecule has 0 radical (unpaired) electrons. The van der Waals surface area contributed by atoms with Crippen molar-refractivity contribution in [2.75, 3.05) is 6.61 Å². The Morgan fingerprint density at radius 1 is 1.50 bits per heavy atom. The molecule has 1 unspecified atom stereocenters. The van der Waals surface area contributed by atoms with Gasteiger partial charge in [-0.05, 0) is 25.5 Å². The Kier molecular flexibility index (Phi) is 4.56. The molecule has 0 fully saturated rings. The fourth-order valence-electron chi connectivity index (χ4n) is 1.15. The predicted molar refractivity (Wildman–Crippen MR) is 55.0 cm³/mol. The average Bonchev–Trinajstić information content (AvgIpc) is 2.16. The Morgan fingerprint density at radius 2 is 2.29 bits per heavy atom. The van der Waals surface area contributed by atoms with E-state index in [-0.39, 0.29) is 6.10 Å². The van der Waals surface area contributed by atoms with Gasteiger partial charge in [0.05, 0.1) is 18.8 Å². The summed E-state index contributed by atoms with van der Waals surface area (Å²) in [6, 6.07) is 3.82. The molecular weight excluding hydrogens is 178 g/mol. The lowest BCUT2D eigenvalue weighted by molar-refractivity contribution is 0.00619. The van der Waals surface area contributed by atoms with Gasteiger partial charge in [-0.15, -0.1) is 0 Å². The zero-order valence-corrected chi connectivity index (χ0v) is 8.68. The van der Waals surface area contributed by atoms with E-state index in [4.69, 9.17) is 4.74 Å². The second kappa shape index (κ2) is 5.73. The van der Waals surface area contributed by atoms with Gasteiger partial charge in [-0.2, -0.15) is 0 Å². The van der Waals surface area contributed by atoms with Crippen molar-refractivity contribution in [3.05, 3.63) is 30.1 Å². The molecule has 0 aliphatic carbocycles. The maximum atomic E-state index is 9.60. The molecule has 0 amide bonds. The third-order valence-electron chi connectivity index (χ3n) is 1.82. The van der Waals surface area contributed by atoms with Gasteiger partial charge in [0, 0.05) is 18.8 Å². The van der Waals surface area contributed by atoms with Crippen molar-refractivity contribution >= 4 is 0 Å². The van der Waals surface area contributed by atoms with Gasteiger partial charge >= 0.3 is 0 Å². The van der Waals surface area contributed by atoms with Crippen LogP contribution >= 0.6 is 0 Å². The van der Waals surface area contributed by atoms with Gasteiger partial charge < -0.3 is 9.84 Å². The van der Waals surface area contributed by atoms with Crippen molar-refractivity contribution in [3.63, 3.8) is 0 Å². The molecule has 0 aliphatic rings. The van der Waals surface area contributed by atoms with Crippen LogP contribution in [0.2, 0.25) is 0 Å². The lowest BCUT2D eigenvalue weighted by Gasteiger charge is -2.13. The van der Waals surface area contributed by atoms with Crippen LogP contribution in [0.1, 0.15) is 19.4 Å². The van der Waals surface area contributed by atoms with Gasteiger partial charge in [-0.25, -0.2) is 0 Å². The highest BCUT2D eigenvalue weighted by molar-refractivity contribution is 5.09. The molecule has 3 heteroatoms. The fraction of sp³-hybridized carbons (Fsp3) is 0.545. The number of rotatable bonds is 5. The summed E-state index contributed by atoms with van der Waals surface area (Å²) in [6.45, 7) is 4.29. The third kappa shape index (κ3) is 4.35. The minimum atomic E-state index is -0.443. The molecule has 0 aromatic carbocycles. The predicted octanol–water partition coefficient (Wildman–Crippen LogP) is 1.41. The SMILES string of the molecule is CC(C)OCC(O)Cc1cccnc1. The van der Waals surface area contributed by atoms with E-state index in [1.807, 2.05) is 26.0 Å². The average molecular weight is 195 g/mol. The first-order valence-corrected chi connectivity index (χ1v) is 4.87. The van der Waals surface area contributed by atoms with Crippen molar-refractivity contribution in [2.24, 2.45) is 0 Å². The molecule has 0 bridgehead atoms. The minimum absolute atomic E-state index is 0.165. The van der Waals surface area contributed by atoms with E-state index >= 15 is 0 Å². The van der Waals surface area contributed by atoms with E-state index in [2.05, 4.69) is 4.98 Å². The van der Waals surface area contributed by atoms with Crippen LogP contribution in [-0.2, 0) is 11.2 Å². The lowest BCUT2D eigenvalue weighted by atomic mass is 10.1. The van der Waals surface area contributed by atoms with Gasteiger partial charge in [-0.3, -0.25) is 4.98 Å². The summed E-state index contributed by atoms with van der Waals surface area (Å²) < 4.78 is 5.31. The molecule has 1 atom stereocenters. The summed E-state index contributed by atoms with van der Waals surface area (Å²) in [7, 11) is 0. The maximum Gasteiger partial charge on any atom is 0.0814 e. The first kappa shape index (κ1) is 11.1. The Bertz CT molecular complexity index is 249. The van der Waals surface area contributed by atoms with E-state index in [1.165, 1.54) is 0 Å². The smallest absolute Gasteiger partial charge is 0.0814 e. The van der Waals surface area contributed by atoms with Gasteiger partial charge in [-0.1, -0.05) is 6.07 Å². The molecule has 14 heavy (non-hydrogen) atoms. The first-order chi connectivity index (χ1) is 6.68. The molecular formula is C11H17NO2. The van der Waals surface area contributed by atoms with Crippen LogP contribution in [0.25, 0.3) is 0 Å². The van der Waals surface area contributed by atoms with Gasteiger partial charge in [0.15, 0.2) is 0 Å². The minimum Gasteiger partial charge on any atom is -0.390 e. The van der Waals surface area contributed by atoms with Crippen molar-refractivity contribution in [1.82, 2.24) is 4.98 Å². The van der Waals surface area contributed by atoms with Gasteiger partial charge in [0.1, 0.15) is 0 Å². The van der Waals surface area contributed by atoms with Crippen LogP contribution < -0.4 is 0 Å². The molecule has 1 heterocycles. The van der Waals surface area contributed by atoms with Crippen LogP contribution in [0.15, 0.2) is 24.5 Å². The normalized spacial score (nSPS) is 13.1. The third-order valence-corrected chi connectivity index (χ3v) is 1.82. The number of aliphatic hydroxyl groups excluding tert-OH is 1. The highest BCUT2D eigenvalue weighted by Crippen LogP contribution is 2.02. The maximum absolute atomic E-state index is 9.60. The summed E-state index contributed by atoms with van der Waals surface area (Å²) in [5.41, 5.74) is 1.03. The monoisotopic (exact) mass is 195 g/mol. The Balaban J connectivity index is 2.30. The highest BCUT2D eigenvalue weighted by Gasteiger charge is 2.06. The number of hydrogen-bond donors (Lipinski definition) is 1. The van der Waals surface area contributed by atoms with E-state index in [0.717, 1.165) is 5.56 Å². The highest BCUT2D eigenvalue weighted by atomic mass is 16.5. The summed E-state index contributed by atoms with van der Waals surface area (Å²) in [5.74, 6) is 0. The largest absolute Gasteiger partial charge is 0.390 e. The number of nitrogens with zero attached hydrogens (tertiary/aromatic N) is 1. The topological polar surface area (TPSA) is 42.4 Å². The molecule has 0 spiro atoms. The number of aromatic nitrogens is 1. The zero-order valence-electron chi connectivity index (χ0n) is 8.68. The Morgan fingerprint density at radius 3 is 2.86 bits per heavy atom. The van der Waals surface area contributed by atoms with E-state index in [0.29, 0.717) is 13.0 Å². The molecule has 0 aliphatic heterocycles. The standard InChI is InChI=1S/C11H17NO2/c1-9(2)14-8-11(13)6-10-4-3-5-12-7-10/h3-5,7,9,11,13H,6,8H2,1-2H3. The van der Waals surface area contributed by atoms with Crippen LogP contribution in [0.5, 0.6) is 0 Å². The molecule has 1 aromatic rings. The number of ether oxygens (including phenoxy) is 1. The molecule has 0 saturated carbocycles. The fourth-order valence-corrected chi connectivity index (χ4v) is 1.15. The van der Waals surface area contributed by atoms with Crippen molar-refractivity contribution in [3.8, 4) is 0 Å². The molecule has 3 nitrogen and oxygen atoms in total. The van der Waals surface area contributed by atoms with Gasteiger partial charge in [0.2, 0.25) is 0 Å². The van der Waals surface area contributed by atoms with Crippen LogP contribution in [-0.4, -0.2) is 28.9 Å². The summed E-state index contributed by atoms with van der Waals surface area (Å²) in [6.07, 6.45) is 3.81. The Hall–Kier alpha value is -0.930. The van der Waals surface area contributed by atoms with Crippen LogP contribution in [0, 0.1) is 0 Å². The molecule has 1 aromatic heterocycles. The van der Waals surface area contributed by atoms with Crippen LogP contribution in [0.4, 0.5) is 0 Å². The van der Waals surface area contributed by atoms with Crippen molar-refractivity contribution < 1.29 is 9.84 Å². The Labute approximate surface area is 84.7 Å². The first-order valence-electron chi connectivity index (χ1n) is 4.87. The molecule has 1 N–H and O–H groups in total. The quantitative estimate of drug-likeness (QED) is 0.772. The number of pyridine rings is 1. The molecule has 1 rings (SSSR count). The molecule has 0 saturated heterocycles.